The number of hydrogen-bond donors (Lipinski definition) is 1. The monoisotopic (exact) mass is 439 g/mol. The second kappa shape index (κ2) is 6.58. The maximum absolute atomic E-state index is 13.9. The van der Waals surface area contributed by atoms with Crippen LogP contribution in [-0.4, -0.2) is 43.9 Å². The van der Waals surface area contributed by atoms with E-state index in [1.165, 1.54) is 0 Å². The third kappa shape index (κ3) is 3.00. The lowest BCUT2D eigenvalue weighted by Gasteiger charge is -2.60. The minimum Gasteiger partial charge on any atom is -0.390 e. The standard InChI is InChI=1S/C25H30ClN3O2/c1-24(2)6-7-28(21-16-8-15-9-17(21)13-25(31,11-15)12-16)23(30)20-14-27-29(22(20)24)19-5-3-4-18(26)10-19/h3-5,10,14-17,21,31H,6-9,11-13H2,1-2H3/t15?,16-,17+,21?,25?. The van der Waals surface area contributed by atoms with Crippen molar-refractivity contribution < 1.29 is 9.90 Å². The van der Waals surface area contributed by atoms with Gasteiger partial charge >= 0.3 is 0 Å². The lowest BCUT2D eigenvalue weighted by molar-refractivity contribution is -0.154. The van der Waals surface area contributed by atoms with E-state index in [4.69, 9.17) is 11.6 Å². The molecule has 0 radical (unpaired) electrons. The number of halogens is 1. The number of carbonyl (C=O) groups is 1. The van der Waals surface area contributed by atoms with Gasteiger partial charge in [0.25, 0.3) is 5.91 Å². The molecule has 2 heterocycles. The quantitative estimate of drug-likeness (QED) is 0.744. The summed E-state index contributed by atoms with van der Waals surface area (Å²) in [7, 11) is 0. The minimum atomic E-state index is -0.482. The van der Waals surface area contributed by atoms with Crippen molar-refractivity contribution in [3.05, 3.63) is 46.7 Å². The van der Waals surface area contributed by atoms with E-state index >= 15 is 0 Å². The smallest absolute Gasteiger partial charge is 0.257 e. The topological polar surface area (TPSA) is 58.4 Å². The zero-order valence-electron chi connectivity index (χ0n) is 18.2. The molecule has 4 aliphatic carbocycles. The molecule has 31 heavy (non-hydrogen) atoms. The van der Waals surface area contributed by atoms with E-state index in [1.54, 1.807) is 6.20 Å². The second-order valence-electron chi connectivity index (χ2n) is 11.1. The fourth-order valence-corrected chi connectivity index (χ4v) is 7.67. The van der Waals surface area contributed by atoms with Gasteiger partial charge in [0, 0.05) is 23.0 Å². The van der Waals surface area contributed by atoms with Crippen LogP contribution in [0.5, 0.6) is 0 Å². The highest BCUT2D eigenvalue weighted by Gasteiger charge is 2.57. The summed E-state index contributed by atoms with van der Waals surface area (Å²) in [6.45, 7) is 5.19. The van der Waals surface area contributed by atoms with Crippen LogP contribution in [0.25, 0.3) is 5.69 Å². The van der Waals surface area contributed by atoms with Gasteiger partial charge < -0.3 is 10.0 Å². The average molecular weight is 440 g/mol. The van der Waals surface area contributed by atoms with Crippen molar-refractivity contribution in [2.75, 3.05) is 6.54 Å². The summed E-state index contributed by atoms with van der Waals surface area (Å²) in [5.41, 5.74) is 1.91. The Morgan fingerprint density at radius 3 is 2.58 bits per heavy atom. The number of rotatable bonds is 2. The molecule has 1 aromatic carbocycles. The van der Waals surface area contributed by atoms with Gasteiger partial charge in [-0.1, -0.05) is 31.5 Å². The Bertz CT molecular complexity index is 1040. The number of aliphatic hydroxyl groups is 1. The van der Waals surface area contributed by atoms with Gasteiger partial charge in [-0.05, 0) is 74.5 Å². The molecule has 2 aromatic rings. The highest BCUT2D eigenvalue weighted by molar-refractivity contribution is 6.30. The summed E-state index contributed by atoms with van der Waals surface area (Å²) in [4.78, 5) is 16.1. The van der Waals surface area contributed by atoms with Gasteiger partial charge in [0.05, 0.1) is 28.7 Å². The molecular weight excluding hydrogens is 410 g/mol. The second-order valence-corrected chi connectivity index (χ2v) is 11.6. The fourth-order valence-electron chi connectivity index (χ4n) is 7.48. The highest BCUT2D eigenvalue weighted by Crippen LogP contribution is 2.57. The van der Waals surface area contributed by atoms with Gasteiger partial charge in [0.2, 0.25) is 0 Å². The molecule has 1 aromatic heterocycles. The number of aromatic nitrogens is 2. The average Bonchev–Trinajstić information content (AvgIpc) is 3.11. The summed E-state index contributed by atoms with van der Waals surface area (Å²) < 4.78 is 1.90. The van der Waals surface area contributed by atoms with Gasteiger partial charge in [-0.2, -0.15) is 5.10 Å². The van der Waals surface area contributed by atoms with E-state index in [9.17, 15) is 9.90 Å². The Morgan fingerprint density at radius 2 is 1.90 bits per heavy atom. The first-order valence-corrected chi connectivity index (χ1v) is 12.0. The summed E-state index contributed by atoms with van der Waals surface area (Å²) in [5.74, 6) is 1.59. The predicted octanol–water partition coefficient (Wildman–Crippen LogP) is 4.59. The van der Waals surface area contributed by atoms with Crippen molar-refractivity contribution >= 4 is 17.5 Å². The number of nitrogens with zero attached hydrogens (tertiary/aromatic N) is 3. The van der Waals surface area contributed by atoms with Gasteiger partial charge in [0.1, 0.15) is 0 Å². The lowest BCUT2D eigenvalue weighted by atomic mass is 9.52. The minimum absolute atomic E-state index is 0.110. The number of fused-ring (bicyclic) bond motifs is 1. The van der Waals surface area contributed by atoms with Crippen molar-refractivity contribution in [1.29, 1.82) is 0 Å². The van der Waals surface area contributed by atoms with E-state index in [0.717, 1.165) is 62.0 Å². The molecule has 6 heteroatoms. The Labute approximate surface area is 188 Å². The van der Waals surface area contributed by atoms with Crippen molar-refractivity contribution in [3.8, 4) is 5.69 Å². The van der Waals surface area contributed by atoms with Crippen LogP contribution in [0.15, 0.2) is 30.5 Å². The molecule has 1 N–H and O–H groups in total. The molecule has 164 valence electrons. The zero-order valence-corrected chi connectivity index (χ0v) is 19.0. The summed E-state index contributed by atoms with van der Waals surface area (Å²) >= 11 is 6.25. The van der Waals surface area contributed by atoms with Crippen LogP contribution in [0.3, 0.4) is 0 Å². The number of amides is 1. The molecule has 4 bridgehead atoms. The Kier molecular flexibility index (Phi) is 4.21. The van der Waals surface area contributed by atoms with Crippen LogP contribution in [-0.2, 0) is 5.41 Å². The molecule has 0 saturated heterocycles. The third-order valence-corrected chi connectivity index (χ3v) is 8.72. The van der Waals surface area contributed by atoms with E-state index in [2.05, 4.69) is 23.8 Å². The molecule has 0 spiro atoms. The Hall–Kier alpha value is -1.85. The van der Waals surface area contributed by atoms with Crippen LogP contribution in [0.2, 0.25) is 5.02 Å². The van der Waals surface area contributed by atoms with E-state index < -0.39 is 5.60 Å². The fraction of sp³-hybridized carbons (Fsp3) is 0.600. The lowest BCUT2D eigenvalue weighted by Crippen LogP contribution is -2.62. The largest absolute Gasteiger partial charge is 0.390 e. The first-order valence-electron chi connectivity index (χ1n) is 11.6. The molecule has 5 nitrogen and oxygen atoms in total. The van der Waals surface area contributed by atoms with E-state index in [0.29, 0.717) is 22.8 Å². The first-order chi connectivity index (χ1) is 14.7. The van der Waals surface area contributed by atoms with E-state index in [1.807, 2.05) is 28.9 Å². The van der Waals surface area contributed by atoms with Crippen LogP contribution in [0.4, 0.5) is 0 Å². The van der Waals surface area contributed by atoms with Crippen LogP contribution < -0.4 is 0 Å². The van der Waals surface area contributed by atoms with Crippen molar-refractivity contribution in [1.82, 2.24) is 14.7 Å². The highest BCUT2D eigenvalue weighted by atomic mass is 35.5. The number of benzene rings is 1. The Balaban J connectivity index is 1.40. The van der Waals surface area contributed by atoms with E-state index in [-0.39, 0.29) is 17.4 Å². The van der Waals surface area contributed by atoms with Crippen LogP contribution in [0, 0.1) is 17.8 Å². The molecule has 7 rings (SSSR count). The zero-order chi connectivity index (χ0) is 21.5. The maximum Gasteiger partial charge on any atom is 0.257 e. The normalized spacial score (nSPS) is 35.9. The SMILES string of the molecule is CC1(C)CCN(C2[C@@H]3CC4C[C@H]2CC(O)(C4)C3)C(=O)c2cnn(-c3cccc(Cl)c3)c21. The molecule has 1 aliphatic heterocycles. The van der Waals surface area contributed by atoms with Gasteiger partial charge in [-0.3, -0.25) is 4.79 Å². The van der Waals surface area contributed by atoms with Crippen molar-refractivity contribution in [3.63, 3.8) is 0 Å². The first kappa shape index (κ1) is 19.8. The third-order valence-electron chi connectivity index (χ3n) is 8.48. The summed E-state index contributed by atoms with van der Waals surface area (Å²) in [5, 5.41) is 16.3. The maximum atomic E-state index is 13.9. The van der Waals surface area contributed by atoms with Crippen molar-refractivity contribution in [2.45, 2.75) is 69.4 Å². The molecule has 4 saturated carbocycles. The number of carbonyl (C=O) groups excluding carboxylic acids is 1. The molecule has 3 unspecified atom stereocenters. The van der Waals surface area contributed by atoms with Crippen molar-refractivity contribution in [2.24, 2.45) is 17.8 Å². The van der Waals surface area contributed by atoms with Gasteiger partial charge in [-0.15, -0.1) is 0 Å². The molecule has 4 fully saturated rings. The molecule has 1 amide bonds. The molecule has 5 aliphatic rings. The Morgan fingerprint density at radius 1 is 1.16 bits per heavy atom. The molecular formula is C25H30ClN3O2. The number of hydrogen-bond acceptors (Lipinski definition) is 3. The van der Waals surface area contributed by atoms with Gasteiger partial charge in [0.15, 0.2) is 0 Å². The van der Waals surface area contributed by atoms with Crippen LogP contribution >= 0.6 is 11.6 Å². The van der Waals surface area contributed by atoms with Crippen LogP contribution in [0.1, 0.15) is 68.4 Å². The molecule has 5 atom stereocenters. The predicted molar refractivity (Wildman–Crippen MR) is 120 cm³/mol. The van der Waals surface area contributed by atoms with Gasteiger partial charge in [-0.25, -0.2) is 4.68 Å². The summed E-state index contributed by atoms with van der Waals surface area (Å²) in [6, 6.07) is 7.91. The summed E-state index contributed by atoms with van der Waals surface area (Å²) in [6.07, 6.45) is 7.63.